The van der Waals surface area contributed by atoms with E-state index in [-0.39, 0.29) is 5.63 Å². The minimum atomic E-state index is -0.285. The van der Waals surface area contributed by atoms with Crippen molar-refractivity contribution in [1.29, 1.82) is 0 Å². The van der Waals surface area contributed by atoms with Crippen molar-refractivity contribution in [2.45, 2.75) is 19.9 Å². The Kier molecular flexibility index (Phi) is 4.23. The summed E-state index contributed by atoms with van der Waals surface area (Å²) in [4.78, 5) is 20.7. The average Bonchev–Trinajstić information content (AvgIpc) is 3.16. The van der Waals surface area contributed by atoms with Crippen LogP contribution in [0.15, 0.2) is 39.8 Å². The Labute approximate surface area is 145 Å². The largest absolute Gasteiger partial charge is 0.423 e. The molecule has 1 aliphatic heterocycles. The van der Waals surface area contributed by atoms with E-state index in [1.165, 1.54) is 11.9 Å². The minimum Gasteiger partial charge on any atom is -0.423 e. The van der Waals surface area contributed by atoms with Gasteiger partial charge in [0.15, 0.2) is 0 Å². The molecule has 1 fully saturated rings. The number of piperazine rings is 1. The summed E-state index contributed by atoms with van der Waals surface area (Å²) in [7, 11) is 0. The van der Waals surface area contributed by atoms with Crippen LogP contribution >= 0.6 is 0 Å². The third-order valence-electron chi connectivity index (χ3n) is 4.77. The van der Waals surface area contributed by atoms with Crippen LogP contribution in [0.1, 0.15) is 18.1 Å². The highest BCUT2D eigenvalue weighted by molar-refractivity contribution is 5.80. The van der Waals surface area contributed by atoms with Gasteiger partial charge in [0.2, 0.25) is 5.95 Å². The topological polar surface area (TPSA) is 78.3 Å². The van der Waals surface area contributed by atoms with Crippen molar-refractivity contribution in [2.24, 2.45) is 0 Å². The zero-order chi connectivity index (χ0) is 17.2. The highest BCUT2D eigenvalue weighted by Gasteiger charge is 2.20. The smallest absolute Gasteiger partial charge is 0.336 e. The van der Waals surface area contributed by atoms with E-state index in [0.717, 1.165) is 56.0 Å². The summed E-state index contributed by atoms with van der Waals surface area (Å²) in [5, 5.41) is 7.85. The van der Waals surface area contributed by atoms with Gasteiger partial charge in [0.05, 0.1) is 0 Å². The summed E-state index contributed by atoms with van der Waals surface area (Å²) < 4.78 is 5.36. The zero-order valence-electron chi connectivity index (χ0n) is 14.2. The van der Waals surface area contributed by atoms with Crippen LogP contribution in [-0.4, -0.2) is 46.3 Å². The Morgan fingerprint density at radius 3 is 2.76 bits per heavy atom. The Balaban J connectivity index is 1.54. The summed E-state index contributed by atoms with van der Waals surface area (Å²) >= 11 is 0. The second-order valence-electron chi connectivity index (χ2n) is 6.35. The molecule has 0 bridgehead atoms. The molecule has 3 heterocycles. The Morgan fingerprint density at radius 1 is 1.20 bits per heavy atom. The van der Waals surface area contributed by atoms with Crippen LogP contribution in [0, 0.1) is 0 Å². The monoisotopic (exact) mass is 339 g/mol. The molecule has 25 heavy (non-hydrogen) atoms. The molecule has 0 amide bonds. The lowest BCUT2D eigenvalue weighted by atomic mass is 10.0. The number of nitrogens with zero attached hydrogens (tertiary/aromatic N) is 4. The second kappa shape index (κ2) is 6.68. The first-order valence-corrected chi connectivity index (χ1v) is 8.61. The van der Waals surface area contributed by atoms with Gasteiger partial charge in [-0.1, -0.05) is 13.0 Å². The molecule has 0 aliphatic carbocycles. The summed E-state index contributed by atoms with van der Waals surface area (Å²) in [6.07, 6.45) is 2.49. The maximum Gasteiger partial charge on any atom is 0.336 e. The van der Waals surface area contributed by atoms with Gasteiger partial charge in [-0.05, 0) is 29.7 Å². The van der Waals surface area contributed by atoms with E-state index in [9.17, 15) is 4.79 Å². The number of hydrogen-bond acceptors (Lipinski definition) is 6. The van der Waals surface area contributed by atoms with Crippen LogP contribution in [0.3, 0.4) is 0 Å². The van der Waals surface area contributed by atoms with Crippen molar-refractivity contribution in [3.05, 3.63) is 52.1 Å². The number of benzene rings is 1. The van der Waals surface area contributed by atoms with Gasteiger partial charge in [0.25, 0.3) is 0 Å². The number of hydrogen-bond donors (Lipinski definition) is 1. The van der Waals surface area contributed by atoms with Gasteiger partial charge in [-0.3, -0.25) is 4.90 Å². The Bertz CT molecular complexity index is 911. The molecule has 0 saturated carbocycles. The van der Waals surface area contributed by atoms with Gasteiger partial charge in [-0.15, -0.1) is 0 Å². The third kappa shape index (κ3) is 3.28. The third-order valence-corrected chi connectivity index (χ3v) is 4.77. The molecule has 1 aliphatic rings. The number of rotatable bonds is 4. The average molecular weight is 339 g/mol. The number of aryl methyl sites for hydroxylation is 1. The van der Waals surface area contributed by atoms with Crippen molar-refractivity contribution >= 4 is 16.9 Å². The van der Waals surface area contributed by atoms with E-state index in [4.69, 9.17) is 4.42 Å². The Morgan fingerprint density at radius 2 is 2.04 bits per heavy atom. The van der Waals surface area contributed by atoms with Crippen molar-refractivity contribution in [3.63, 3.8) is 0 Å². The van der Waals surface area contributed by atoms with Crippen LogP contribution in [0.2, 0.25) is 0 Å². The summed E-state index contributed by atoms with van der Waals surface area (Å²) in [5.74, 6) is 0.818. The molecular formula is C18H21N5O2. The van der Waals surface area contributed by atoms with Crippen LogP contribution < -0.4 is 10.5 Å². The molecule has 2 aromatic heterocycles. The normalized spacial score (nSPS) is 15.8. The van der Waals surface area contributed by atoms with E-state index in [1.54, 1.807) is 6.07 Å². The molecule has 1 saturated heterocycles. The van der Waals surface area contributed by atoms with E-state index < -0.39 is 0 Å². The quantitative estimate of drug-likeness (QED) is 0.730. The molecule has 130 valence electrons. The van der Waals surface area contributed by atoms with Gasteiger partial charge in [-0.25, -0.2) is 9.89 Å². The maximum absolute atomic E-state index is 11.9. The number of anilines is 1. The van der Waals surface area contributed by atoms with Crippen LogP contribution in [0.4, 0.5) is 5.95 Å². The summed E-state index contributed by atoms with van der Waals surface area (Å²) in [6.45, 7) is 6.47. The fourth-order valence-electron chi connectivity index (χ4n) is 3.34. The molecule has 0 unspecified atom stereocenters. The first-order chi connectivity index (χ1) is 12.2. The molecule has 1 N–H and O–H groups in total. The van der Waals surface area contributed by atoms with Crippen LogP contribution in [0.5, 0.6) is 0 Å². The maximum atomic E-state index is 11.9. The van der Waals surface area contributed by atoms with Gasteiger partial charge >= 0.3 is 5.63 Å². The molecule has 7 heteroatoms. The number of aromatic nitrogens is 3. The van der Waals surface area contributed by atoms with E-state index in [0.29, 0.717) is 5.58 Å². The summed E-state index contributed by atoms with van der Waals surface area (Å²) in [6, 6.07) is 7.69. The van der Waals surface area contributed by atoms with Crippen molar-refractivity contribution in [2.75, 3.05) is 31.1 Å². The predicted octanol–water partition coefficient (Wildman–Crippen LogP) is 1.80. The number of fused-ring (bicyclic) bond motifs is 1. The lowest BCUT2D eigenvalue weighted by molar-refractivity contribution is 0.249. The SMILES string of the molecule is CCc1ccc2oc(=O)cc(CN3CCN(c4ncn[nH]4)CC3)c2c1. The molecule has 0 spiro atoms. The fraction of sp³-hybridized carbons (Fsp3) is 0.389. The molecule has 0 radical (unpaired) electrons. The van der Waals surface area contributed by atoms with E-state index >= 15 is 0 Å². The number of H-pyrrole nitrogens is 1. The van der Waals surface area contributed by atoms with Crippen LogP contribution in [-0.2, 0) is 13.0 Å². The molecule has 3 aromatic rings. The van der Waals surface area contributed by atoms with Crippen LogP contribution in [0.25, 0.3) is 11.0 Å². The van der Waals surface area contributed by atoms with Crippen molar-refractivity contribution in [3.8, 4) is 0 Å². The predicted molar refractivity (Wildman–Crippen MR) is 95.7 cm³/mol. The number of nitrogens with one attached hydrogen (secondary N) is 1. The Hall–Kier alpha value is -2.67. The highest BCUT2D eigenvalue weighted by Crippen LogP contribution is 2.21. The zero-order valence-corrected chi connectivity index (χ0v) is 14.2. The molecule has 7 nitrogen and oxygen atoms in total. The van der Waals surface area contributed by atoms with Gasteiger partial charge < -0.3 is 9.32 Å². The lowest BCUT2D eigenvalue weighted by Crippen LogP contribution is -2.46. The number of aromatic amines is 1. The van der Waals surface area contributed by atoms with E-state index in [1.807, 2.05) is 12.1 Å². The van der Waals surface area contributed by atoms with Crippen molar-refractivity contribution in [1.82, 2.24) is 20.1 Å². The fourth-order valence-corrected chi connectivity index (χ4v) is 3.34. The highest BCUT2D eigenvalue weighted by atomic mass is 16.4. The summed E-state index contributed by atoms with van der Waals surface area (Å²) in [5.41, 5.74) is 2.67. The van der Waals surface area contributed by atoms with Crippen molar-refractivity contribution < 1.29 is 4.42 Å². The standard InChI is InChI=1S/C18H21N5O2/c1-2-13-3-4-16-15(9-13)14(10-17(24)25-16)11-22-5-7-23(8-6-22)18-19-12-20-21-18/h3-4,9-10,12H,2,5-8,11H2,1H3,(H,19,20,21). The molecule has 4 rings (SSSR count). The first-order valence-electron chi connectivity index (χ1n) is 8.61. The van der Waals surface area contributed by atoms with Gasteiger partial charge in [0.1, 0.15) is 11.9 Å². The van der Waals surface area contributed by atoms with Gasteiger partial charge in [-0.2, -0.15) is 10.1 Å². The second-order valence-corrected chi connectivity index (χ2v) is 6.35. The van der Waals surface area contributed by atoms with Gasteiger partial charge in [0, 0.05) is 44.2 Å². The molecule has 0 atom stereocenters. The molecular weight excluding hydrogens is 318 g/mol. The molecule has 1 aromatic carbocycles. The van der Waals surface area contributed by atoms with E-state index in [2.05, 4.69) is 38.0 Å². The lowest BCUT2D eigenvalue weighted by Gasteiger charge is -2.34. The minimum absolute atomic E-state index is 0.285. The first kappa shape index (κ1) is 15.8.